The van der Waals surface area contributed by atoms with Gasteiger partial charge in [0, 0.05) is 193 Å². The van der Waals surface area contributed by atoms with Crippen molar-refractivity contribution in [3.8, 4) is 34.5 Å². The van der Waals surface area contributed by atoms with Crippen molar-refractivity contribution < 1.29 is 56.8 Å². The second kappa shape index (κ2) is 61.2. The van der Waals surface area contributed by atoms with Crippen LogP contribution in [0, 0.1) is 69.2 Å². The summed E-state index contributed by atoms with van der Waals surface area (Å²) in [7, 11) is 23.7. The van der Waals surface area contributed by atoms with Crippen molar-refractivity contribution in [2.45, 2.75) is 148 Å². The summed E-state index contributed by atoms with van der Waals surface area (Å²) in [6.45, 7) is 42.7. The first-order valence-electron chi connectivity index (χ1n) is 47.1. The van der Waals surface area contributed by atoms with Crippen LogP contribution in [0.4, 0.5) is 0 Å². The smallest absolute Gasteiger partial charge is 0.188 e. The minimum Gasteiger partial charge on any atom is -0.467 e. The summed E-state index contributed by atoms with van der Waals surface area (Å²) in [4.78, 5) is 25.1. The monoisotopic (exact) mass is 2030 g/mol. The maximum absolute atomic E-state index is 6.13. The molecule has 0 fully saturated rings. The van der Waals surface area contributed by atoms with E-state index in [-0.39, 0.29) is 57.0 Å². The van der Waals surface area contributed by atoms with Gasteiger partial charge in [0.15, 0.2) is 40.8 Å². The zero-order chi connectivity index (χ0) is 104. The maximum Gasteiger partial charge on any atom is 0.188 e. The van der Waals surface area contributed by atoms with E-state index in [2.05, 4.69) is 350 Å². The summed E-state index contributed by atoms with van der Waals surface area (Å²) in [5.41, 5.74) is 23.0. The van der Waals surface area contributed by atoms with E-state index in [0.717, 1.165) is 56.8 Å². The highest BCUT2D eigenvalue weighted by molar-refractivity contribution is 7.57. The minimum atomic E-state index is -0.0338. The van der Waals surface area contributed by atoms with E-state index < -0.39 is 0 Å². The summed E-state index contributed by atoms with van der Waals surface area (Å²) in [5.74, 6) is 5.49. The van der Waals surface area contributed by atoms with Gasteiger partial charge in [0.25, 0.3) is 0 Å². The number of benzene rings is 12. The number of nitrogens with zero attached hydrogens (tertiary/aromatic N) is 6. The van der Waals surface area contributed by atoms with Crippen molar-refractivity contribution in [3.63, 3.8) is 0 Å². The third kappa shape index (κ3) is 38.7. The second-order valence-electron chi connectivity index (χ2n) is 37.2. The summed E-state index contributed by atoms with van der Waals surface area (Å²) in [6, 6.07) is 74.9. The zero-order valence-electron chi connectivity index (χ0n) is 89.5. The van der Waals surface area contributed by atoms with E-state index in [1.165, 1.54) is 147 Å². The molecular weight excluding hydrogens is 1880 g/mol. The number of hydrogen-bond acceptors (Lipinski definition) is 18. The Labute approximate surface area is 859 Å². The fourth-order valence-corrected chi connectivity index (χ4v) is 22.8. The molecule has 0 N–H and O–H groups in total. The van der Waals surface area contributed by atoms with Gasteiger partial charge in [-0.2, -0.15) is 0 Å². The van der Waals surface area contributed by atoms with Crippen molar-refractivity contribution in [3.05, 3.63) is 318 Å². The Morgan fingerprint density at radius 3 is 0.894 bits per heavy atom. The molecule has 0 heterocycles. The lowest BCUT2D eigenvalue weighted by Gasteiger charge is -2.29. The van der Waals surface area contributed by atoms with Crippen molar-refractivity contribution in [2.75, 3.05) is 126 Å². The fourth-order valence-electron chi connectivity index (χ4n) is 14.8. The first-order chi connectivity index (χ1) is 67.9. The quantitative estimate of drug-likeness (QED) is 0.0206. The molecule has 0 aliphatic heterocycles. The molecule has 0 aromatic heterocycles. The van der Waals surface area contributed by atoms with Gasteiger partial charge >= 0.3 is 0 Å². The topological polar surface area (TPSA) is 185 Å². The largest absolute Gasteiger partial charge is 0.467 e. The van der Waals surface area contributed by atoms with Gasteiger partial charge in [-0.15, -0.1) is 0 Å². The number of para-hydroxylation sites is 2. The minimum absolute atomic E-state index is 0.00466. The number of methoxy groups -OCH3 is 6. The van der Waals surface area contributed by atoms with Crippen LogP contribution in [-0.4, -0.2) is 163 Å². The first kappa shape index (κ1) is 119. The molecule has 0 amide bonds. The Balaban J connectivity index is 0.000000232. The molecule has 756 valence electrons. The molecule has 6 atom stereocenters. The predicted octanol–water partition coefficient (Wildman–Crippen LogP) is 21.1. The molecule has 0 radical (unpaired) electrons. The lowest BCUT2D eigenvalue weighted by Crippen LogP contribution is -2.24. The average molecular weight is 2030 g/mol. The first-order valence-corrected chi connectivity index (χ1v) is 53.1. The van der Waals surface area contributed by atoms with Gasteiger partial charge in [0.2, 0.25) is 0 Å². The van der Waals surface area contributed by atoms with Crippen molar-refractivity contribution in [2.24, 2.45) is 30.0 Å². The summed E-state index contributed by atoms with van der Waals surface area (Å²) < 4.78 is 65.6. The molecule has 0 bridgehead atoms. The van der Waals surface area contributed by atoms with Crippen LogP contribution in [0.1, 0.15) is 168 Å². The highest BCUT2D eigenvalue weighted by atomic mass is 31.1. The fraction of sp³-hybridized carbons (Fsp3) is 0.339. The molecule has 12 aromatic carbocycles. The second-order valence-corrected chi connectivity index (χ2v) is 45.1. The van der Waals surface area contributed by atoms with E-state index in [0.29, 0.717) is 51.5 Å². The molecule has 18 nitrogen and oxygen atoms in total. The normalized spacial score (nSPS) is 12.0. The average Bonchev–Trinajstić information content (AvgIpc) is 0.778. The molecule has 12 aromatic rings. The number of aryl methyl sites for hydroxylation is 10. The molecule has 12 rings (SSSR count). The summed E-state index contributed by atoms with van der Waals surface area (Å²) in [6.07, 6.45) is 11.5. The van der Waals surface area contributed by atoms with Gasteiger partial charge < -0.3 is 56.8 Å². The molecule has 6 unspecified atom stereocenters. The SMILES string of the molecule is CN=Cc1cc(C)ccc1Pc1cc(C)cc(C(C)(C)C)c1OCOC.CN=Cc1cc(C)ccc1Pc1cc(C)cc(C)c1OCOC.CN=Cc1cc(C)ccc1Pc1cc(C)ccc1OCOC.CN=Cc1cc(C)ccc1Pc1cccc(C)c1OCOC.CN=Cc1cc(C)ccc1Pc1ccccc1OCOC.CN=Cc1ccccc1Pc1cc(C(C)(C)C)cc(C(C)(C)C)c1OCOC. The predicted molar refractivity (Wildman–Crippen MR) is 622 cm³/mol. The third-order valence-electron chi connectivity index (χ3n) is 21.6. The third-order valence-corrected chi connectivity index (χ3v) is 29.9. The van der Waals surface area contributed by atoms with Gasteiger partial charge in [-0.1, -0.05) is 293 Å². The Morgan fingerprint density at radius 1 is 0.218 bits per heavy atom. The molecular formula is C118H152N6O12P6. The van der Waals surface area contributed by atoms with Crippen LogP contribution in [0.15, 0.2) is 242 Å². The Morgan fingerprint density at radius 2 is 0.500 bits per heavy atom. The van der Waals surface area contributed by atoms with Crippen molar-refractivity contribution in [1.29, 1.82) is 0 Å². The van der Waals surface area contributed by atoms with Crippen molar-refractivity contribution >= 4 is 152 Å². The summed E-state index contributed by atoms with van der Waals surface area (Å²) in [5, 5.41) is 14.8. The van der Waals surface area contributed by atoms with Gasteiger partial charge in [-0.05, 0) is 217 Å². The molecule has 0 aliphatic rings. The highest BCUT2D eigenvalue weighted by Crippen LogP contribution is 2.40. The van der Waals surface area contributed by atoms with E-state index in [9.17, 15) is 0 Å². The van der Waals surface area contributed by atoms with E-state index >= 15 is 0 Å². The molecule has 0 aliphatic carbocycles. The van der Waals surface area contributed by atoms with Crippen LogP contribution >= 0.6 is 51.5 Å². The Hall–Kier alpha value is -10.2. The van der Waals surface area contributed by atoms with Crippen LogP contribution in [0.5, 0.6) is 34.5 Å². The van der Waals surface area contributed by atoms with E-state index in [1.807, 2.05) is 75.6 Å². The molecule has 24 heteroatoms. The zero-order valence-corrected chi connectivity index (χ0v) is 95.5. The lowest BCUT2D eigenvalue weighted by molar-refractivity contribution is 0.0504. The van der Waals surface area contributed by atoms with Gasteiger partial charge in [0.05, 0.1) is 0 Å². The Bertz CT molecular complexity index is 6150. The van der Waals surface area contributed by atoms with Gasteiger partial charge in [-0.3, -0.25) is 30.0 Å². The number of ether oxygens (including phenoxy) is 12. The van der Waals surface area contributed by atoms with Crippen LogP contribution in [0.2, 0.25) is 0 Å². The molecule has 0 saturated carbocycles. The van der Waals surface area contributed by atoms with E-state index in [1.54, 1.807) is 70.8 Å². The maximum atomic E-state index is 6.13. The molecule has 0 saturated heterocycles. The van der Waals surface area contributed by atoms with Gasteiger partial charge in [0.1, 0.15) is 34.5 Å². The van der Waals surface area contributed by atoms with Crippen LogP contribution in [0.25, 0.3) is 0 Å². The number of aliphatic imine (C=N–C) groups is 6. The molecule has 0 spiro atoms. The van der Waals surface area contributed by atoms with Crippen LogP contribution in [-0.2, 0) is 44.7 Å². The summed E-state index contributed by atoms with van der Waals surface area (Å²) >= 11 is 0. The standard InChI is InChI=1S/C24H34NO2P.C22H30NO2P.C19H24NO2P.2C18H22NO2P.C17H20NO2P/c1-23(2,3)18-13-19(24(4,5)6)22(27-16-26-8)21(14-18)28-20-12-10-9-11-17(20)15-25-7;1-15-8-9-19(17(10-15)13-23-6)26-20-12-16(2)11-18(22(3,4)5)21(20)25-14-24-7;1-13-6-7-17(16(9-13)11-20-4)23-18-10-14(2)8-15(3)19(18)22-12-21-5;1-13-6-8-17(15(9-13)11-19-3)22-18-10-14(2)5-7-16(18)21-12-20-4;1-13-8-9-16(15(10-13)11-19-3)22-17-7-5-6-14(2)18(17)21-12-20-4;1-13-8-9-16(14(10-13)11-18-2)21-17-7-5-4-6-15(17)20-12-19-3/h9-15,28H,16H2,1-8H3;8-13,26H,14H2,1-7H3;6-11,23H,12H2,1-5H3;2*5-11,22H,12H2,1-4H3;4-11,21H,12H2,1-3H3. The lowest BCUT2D eigenvalue weighted by atomic mass is 9.80. The van der Waals surface area contributed by atoms with Crippen LogP contribution < -0.4 is 92.1 Å². The van der Waals surface area contributed by atoms with Crippen LogP contribution in [0.3, 0.4) is 0 Å². The van der Waals surface area contributed by atoms with Gasteiger partial charge in [-0.25, -0.2) is 0 Å². The van der Waals surface area contributed by atoms with Crippen molar-refractivity contribution in [1.82, 2.24) is 0 Å². The molecule has 142 heavy (non-hydrogen) atoms. The number of rotatable bonds is 36. The van der Waals surface area contributed by atoms with E-state index in [4.69, 9.17) is 56.8 Å². The highest BCUT2D eigenvalue weighted by Gasteiger charge is 2.28. The Kier molecular flexibility index (Phi) is 51.2. The number of hydrogen-bond donors (Lipinski definition) is 0.